The topological polar surface area (TPSA) is 52.8 Å². The summed E-state index contributed by atoms with van der Waals surface area (Å²) in [4.78, 5) is 0. The van der Waals surface area contributed by atoms with E-state index in [4.69, 9.17) is 5.21 Å². The van der Waals surface area contributed by atoms with E-state index in [1.807, 2.05) is 0 Å². The Morgan fingerprint density at radius 2 is 2.00 bits per heavy atom. The molecule has 3 fully saturated rings. The standard InChI is InChI=1S/C21H33NO2/c1-20-11-8-19-17(18(20)6-4-14(20)9-12-22-24)5-3-15-13-16(23)7-10-21(15,19)2/h3,12,14,16-19,23-24H,4-11,13H2,1-2H3/b22-12+/t14?,16-,17-,18-,19-,20+,21-/m0/s1. The van der Waals surface area contributed by atoms with Crippen molar-refractivity contribution in [2.24, 2.45) is 39.7 Å². The van der Waals surface area contributed by atoms with Crippen LogP contribution in [0.25, 0.3) is 0 Å². The van der Waals surface area contributed by atoms with E-state index in [2.05, 4.69) is 25.1 Å². The van der Waals surface area contributed by atoms with Crippen LogP contribution in [0.4, 0.5) is 0 Å². The van der Waals surface area contributed by atoms with Crippen LogP contribution in [-0.4, -0.2) is 22.6 Å². The van der Waals surface area contributed by atoms with Gasteiger partial charge in [0.05, 0.1) is 6.10 Å². The summed E-state index contributed by atoms with van der Waals surface area (Å²) in [5.74, 6) is 3.15. The second-order valence-electron chi connectivity index (χ2n) is 9.51. The molecule has 3 heteroatoms. The Hall–Kier alpha value is -0.830. The second-order valence-corrected chi connectivity index (χ2v) is 9.51. The second kappa shape index (κ2) is 5.86. The van der Waals surface area contributed by atoms with Gasteiger partial charge in [-0.15, -0.1) is 5.16 Å². The van der Waals surface area contributed by atoms with Gasteiger partial charge in [-0.05, 0) is 92.3 Å². The molecule has 0 radical (unpaired) electrons. The fraction of sp³-hybridized carbons (Fsp3) is 0.857. The van der Waals surface area contributed by atoms with Crippen LogP contribution in [-0.2, 0) is 0 Å². The van der Waals surface area contributed by atoms with Crippen molar-refractivity contribution in [1.29, 1.82) is 0 Å². The van der Waals surface area contributed by atoms with Crippen molar-refractivity contribution in [3.63, 3.8) is 0 Å². The predicted octanol–water partition coefficient (Wildman–Crippen LogP) is 4.78. The van der Waals surface area contributed by atoms with E-state index in [0.717, 1.165) is 37.0 Å². The monoisotopic (exact) mass is 331 g/mol. The maximum Gasteiger partial charge on any atom is 0.0577 e. The first-order chi connectivity index (χ1) is 11.5. The van der Waals surface area contributed by atoms with Crippen molar-refractivity contribution in [3.05, 3.63) is 11.6 Å². The molecule has 134 valence electrons. The van der Waals surface area contributed by atoms with Gasteiger partial charge in [-0.1, -0.05) is 25.5 Å². The fourth-order valence-electron chi connectivity index (χ4n) is 7.31. The Kier molecular flexibility index (Phi) is 4.06. The minimum Gasteiger partial charge on any atom is -0.411 e. The third-order valence-electron chi connectivity index (χ3n) is 8.75. The SMILES string of the molecule is C[C@]12CC[C@H](O)CC1=CC[C@@H]1[C@@H]2CC[C@]2(C)C(C/C=N/O)CC[C@@H]12. The number of hydrogen-bond acceptors (Lipinski definition) is 3. The quantitative estimate of drug-likeness (QED) is 0.331. The first kappa shape index (κ1) is 16.6. The Labute approximate surface area is 146 Å². The molecule has 3 saturated carbocycles. The minimum absolute atomic E-state index is 0.108. The van der Waals surface area contributed by atoms with Crippen molar-refractivity contribution in [2.45, 2.75) is 77.7 Å². The number of fused-ring (bicyclic) bond motifs is 5. The number of aliphatic hydroxyl groups excluding tert-OH is 1. The van der Waals surface area contributed by atoms with Gasteiger partial charge in [0.25, 0.3) is 0 Å². The summed E-state index contributed by atoms with van der Waals surface area (Å²) in [6, 6.07) is 0. The van der Waals surface area contributed by atoms with Crippen LogP contribution < -0.4 is 0 Å². The Bertz CT molecular complexity index is 556. The van der Waals surface area contributed by atoms with Gasteiger partial charge in [-0.25, -0.2) is 0 Å². The molecular formula is C21H33NO2. The highest BCUT2D eigenvalue weighted by Crippen LogP contribution is 2.66. The van der Waals surface area contributed by atoms with E-state index in [9.17, 15) is 5.11 Å². The number of oxime groups is 1. The molecule has 0 spiro atoms. The largest absolute Gasteiger partial charge is 0.411 e. The lowest BCUT2D eigenvalue weighted by Crippen LogP contribution is -2.50. The number of hydrogen-bond donors (Lipinski definition) is 2. The molecule has 7 atom stereocenters. The van der Waals surface area contributed by atoms with Crippen molar-refractivity contribution in [2.75, 3.05) is 0 Å². The Balaban J connectivity index is 1.60. The molecule has 4 rings (SSSR count). The lowest BCUT2D eigenvalue weighted by molar-refractivity contribution is -0.0487. The summed E-state index contributed by atoms with van der Waals surface area (Å²) >= 11 is 0. The summed E-state index contributed by atoms with van der Waals surface area (Å²) in [6.07, 6.45) is 14.7. The summed E-state index contributed by atoms with van der Waals surface area (Å²) in [5, 5.41) is 22.2. The zero-order chi connectivity index (χ0) is 16.9. The number of aliphatic hydroxyl groups is 1. The zero-order valence-electron chi connectivity index (χ0n) is 15.2. The van der Waals surface area contributed by atoms with Crippen molar-refractivity contribution >= 4 is 6.21 Å². The van der Waals surface area contributed by atoms with Gasteiger partial charge in [0.1, 0.15) is 0 Å². The third kappa shape index (κ3) is 2.30. The van der Waals surface area contributed by atoms with Crippen LogP contribution in [0.2, 0.25) is 0 Å². The minimum atomic E-state index is -0.108. The highest BCUT2D eigenvalue weighted by atomic mass is 16.4. The van der Waals surface area contributed by atoms with Crippen LogP contribution in [0.3, 0.4) is 0 Å². The van der Waals surface area contributed by atoms with E-state index in [1.165, 1.54) is 38.5 Å². The first-order valence-corrected chi connectivity index (χ1v) is 10.0. The normalized spacial score (nSPS) is 51.0. The molecule has 3 nitrogen and oxygen atoms in total. The smallest absolute Gasteiger partial charge is 0.0577 e. The summed E-state index contributed by atoms with van der Waals surface area (Å²) < 4.78 is 0. The maximum absolute atomic E-state index is 10.1. The average molecular weight is 332 g/mol. The molecule has 0 amide bonds. The molecule has 1 unspecified atom stereocenters. The van der Waals surface area contributed by atoms with E-state index >= 15 is 0 Å². The average Bonchev–Trinajstić information content (AvgIpc) is 2.90. The van der Waals surface area contributed by atoms with E-state index in [-0.39, 0.29) is 6.10 Å². The first-order valence-electron chi connectivity index (χ1n) is 10.0. The number of nitrogens with zero attached hydrogens (tertiary/aromatic N) is 1. The van der Waals surface area contributed by atoms with Crippen molar-refractivity contribution < 1.29 is 10.3 Å². The molecule has 0 aliphatic heterocycles. The Morgan fingerprint density at radius 3 is 2.79 bits per heavy atom. The summed E-state index contributed by atoms with van der Waals surface area (Å²) in [7, 11) is 0. The van der Waals surface area contributed by atoms with Gasteiger partial charge in [0.2, 0.25) is 0 Å². The van der Waals surface area contributed by atoms with Gasteiger partial charge in [-0.3, -0.25) is 0 Å². The molecule has 2 N–H and O–H groups in total. The van der Waals surface area contributed by atoms with E-state index in [0.29, 0.717) is 16.7 Å². The number of rotatable bonds is 2. The highest BCUT2D eigenvalue weighted by molar-refractivity contribution is 5.56. The van der Waals surface area contributed by atoms with Gasteiger partial charge in [0, 0.05) is 6.21 Å². The van der Waals surface area contributed by atoms with E-state index in [1.54, 1.807) is 11.8 Å². The molecule has 4 aliphatic rings. The maximum atomic E-state index is 10.1. The van der Waals surface area contributed by atoms with Crippen molar-refractivity contribution in [1.82, 2.24) is 0 Å². The molecule has 4 aliphatic carbocycles. The van der Waals surface area contributed by atoms with Crippen LogP contribution in [0, 0.1) is 34.5 Å². The molecule has 0 aromatic heterocycles. The molecule has 24 heavy (non-hydrogen) atoms. The fourth-order valence-corrected chi connectivity index (χ4v) is 7.31. The predicted molar refractivity (Wildman–Crippen MR) is 96.1 cm³/mol. The molecule has 0 heterocycles. The van der Waals surface area contributed by atoms with Crippen molar-refractivity contribution in [3.8, 4) is 0 Å². The van der Waals surface area contributed by atoms with Gasteiger partial charge >= 0.3 is 0 Å². The zero-order valence-corrected chi connectivity index (χ0v) is 15.2. The van der Waals surface area contributed by atoms with Crippen LogP contribution in [0.15, 0.2) is 16.8 Å². The highest BCUT2D eigenvalue weighted by Gasteiger charge is 2.58. The van der Waals surface area contributed by atoms with Crippen LogP contribution in [0.1, 0.15) is 71.6 Å². The Morgan fingerprint density at radius 1 is 1.17 bits per heavy atom. The van der Waals surface area contributed by atoms with Crippen LogP contribution >= 0.6 is 0 Å². The van der Waals surface area contributed by atoms with Crippen LogP contribution in [0.5, 0.6) is 0 Å². The molecule has 0 bridgehead atoms. The summed E-state index contributed by atoms with van der Waals surface area (Å²) in [5.41, 5.74) is 2.33. The van der Waals surface area contributed by atoms with E-state index < -0.39 is 0 Å². The molecule has 0 aromatic carbocycles. The van der Waals surface area contributed by atoms with Gasteiger partial charge in [0.15, 0.2) is 0 Å². The lowest BCUT2D eigenvalue weighted by Gasteiger charge is -2.58. The molecular weight excluding hydrogens is 298 g/mol. The molecule has 0 saturated heterocycles. The lowest BCUT2D eigenvalue weighted by atomic mass is 9.47. The number of allylic oxidation sites excluding steroid dienone is 1. The third-order valence-corrected chi connectivity index (χ3v) is 8.75. The molecule has 0 aromatic rings. The van der Waals surface area contributed by atoms with Gasteiger partial charge in [-0.2, -0.15) is 0 Å². The van der Waals surface area contributed by atoms with Gasteiger partial charge < -0.3 is 10.3 Å². The summed E-state index contributed by atoms with van der Waals surface area (Å²) in [6.45, 7) is 5.01.